The molecule has 1 aromatic carbocycles. The fourth-order valence-electron chi connectivity index (χ4n) is 2.46. The Morgan fingerprint density at radius 3 is 2.30 bits per heavy atom. The molecule has 0 spiro atoms. The maximum absolute atomic E-state index is 13.0. The predicted octanol–water partition coefficient (Wildman–Crippen LogP) is 6.83. The first-order valence-corrected chi connectivity index (χ1v) is 10.3. The zero-order chi connectivity index (χ0) is 16.6. The summed E-state index contributed by atoms with van der Waals surface area (Å²) in [6.07, 6.45) is 12.9. The van der Waals surface area contributed by atoms with Crippen LogP contribution in [0.15, 0.2) is 24.3 Å². The number of hydrogen-bond acceptors (Lipinski definition) is 1. The van der Waals surface area contributed by atoms with Gasteiger partial charge >= 0.3 is 0 Å². The number of benzene rings is 1. The van der Waals surface area contributed by atoms with Gasteiger partial charge in [-0.3, -0.25) is 0 Å². The largest absolute Gasteiger partial charge is 0.207 e. The van der Waals surface area contributed by atoms with Gasteiger partial charge in [-0.15, -0.1) is 0 Å². The van der Waals surface area contributed by atoms with E-state index in [1.807, 2.05) is 6.07 Å². The van der Waals surface area contributed by atoms with Gasteiger partial charge in [-0.2, -0.15) is 11.8 Å². The van der Waals surface area contributed by atoms with E-state index in [9.17, 15) is 4.39 Å². The molecular formula is C21H31FS. The number of unbranched alkanes of at least 4 members (excludes halogenated alkanes) is 8. The van der Waals surface area contributed by atoms with E-state index >= 15 is 0 Å². The molecule has 0 heterocycles. The van der Waals surface area contributed by atoms with Crippen LogP contribution in [0.5, 0.6) is 0 Å². The summed E-state index contributed by atoms with van der Waals surface area (Å²) in [5.41, 5.74) is 0.780. The number of halogens is 1. The molecule has 0 nitrogen and oxygen atoms in total. The summed E-state index contributed by atoms with van der Waals surface area (Å²) >= 11 is 2.10. The molecule has 0 fully saturated rings. The third-order valence-electron chi connectivity index (χ3n) is 3.75. The third-order valence-corrected chi connectivity index (χ3v) is 5.02. The zero-order valence-corrected chi connectivity index (χ0v) is 15.4. The molecule has 0 aliphatic carbocycles. The summed E-state index contributed by atoms with van der Waals surface area (Å²) in [6, 6.07) is 6.52. The van der Waals surface area contributed by atoms with Crippen molar-refractivity contribution in [1.29, 1.82) is 0 Å². The van der Waals surface area contributed by atoms with Gasteiger partial charge in [0.05, 0.1) is 0 Å². The van der Waals surface area contributed by atoms with Gasteiger partial charge in [0.15, 0.2) is 0 Å². The topological polar surface area (TPSA) is 0 Å². The van der Waals surface area contributed by atoms with Crippen molar-refractivity contribution >= 4 is 11.8 Å². The van der Waals surface area contributed by atoms with Crippen molar-refractivity contribution in [1.82, 2.24) is 0 Å². The Morgan fingerprint density at radius 2 is 1.61 bits per heavy atom. The zero-order valence-electron chi connectivity index (χ0n) is 14.6. The SMILES string of the molecule is CCCSCCCCCCCCCCC#Cc1cccc(F)c1. The van der Waals surface area contributed by atoms with E-state index in [1.165, 1.54) is 75.0 Å². The van der Waals surface area contributed by atoms with Crippen molar-refractivity contribution < 1.29 is 4.39 Å². The molecule has 128 valence electrons. The van der Waals surface area contributed by atoms with E-state index in [0.717, 1.165) is 18.4 Å². The van der Waals surface area contributed by atoms with Crippen molar-refractivity contribution in [2.24, 2.45) is 0 Å². The lowest BCUT2D eigenvalue weighted by Crippen LogP contribution is -1.84. The molecule has 0 saturated heterocycles. The highest BCUT2D eigenvalue weighted by Gasteiger charge is 1.93. The highest BCUT2D eigenvalue weighted by Crippen LogP contribution is 2.12. The maximum Gasteiger partial charge on any atom is 0.124 e. The fraction of sp³-hybridized carbons (Fsp3) is 0.619. The first-order valence-electron chi connectivity index (χ1n) is 9.15. The van der Waals surface area contributed by atoms with Gasteiger partial charge < -0.3 is 0 Å². The van der Waals surface area contributed by atoms with Gasteiger partial charge in [-0.25, -0.2) is 4.39 Å². The van der Waals surface area contributed by atoms with E-state index in [4.69, 9.17) is 0 Å². The highest BCUT2D eigenvalue weighted by molar-refractivity contribution is 7.99. The van der Waals surface area contributed by atoms with Gasteiger partial charge in [0.25, 0.3) is 0 Å². The van der Waals surface area contributed by atoms with E-state index in [2.05, 4.69) is 30.5 Å². The quantitative estimate of drug-likeness (QED) is 0.298. The summed E-state index contributed by atoms with van der Waals surface area (Å²) in [5.74, 6) is 8.64. The number of thioether (sulfide) groups is 1. The van der Waals surface area contributed by atoms with Crippen molar-refractivity contribution in [2.45, 2.75) is 71.1 Å². The summed E-state index contributed by atoms with van der Waals surface area (Å²) in [5, 5.41) is 0. The van der Waals surface area contributed by atoms with Gasteiger partial charge in [0, 0.05) is 12.0 Å². The second-order valence-electron chi connectivity index (χ2n) is 6.00. The van der Waals surface area contributed by atoms with Crippen LogP contribution in [0.4, 0.5) is 4.39 Å². The molecule has 1 rings (SSSR count). The highest BCUT2D eigenvalue weighted by atomic mass is 32.2. The molecule has 0 aromatic heterocycles. The fourth-order valence-corrected chi connectivity index (χ4v) is 3.36. The minimum Gasteiger partial charge on any atom is -0.207 e. The molecule has 0 saturated carbocycles. The monoisotopic (exact) mass is 334 g/mol. The maximum atomic E-state index is 13.0. The van der Waals surface area contributed by atoms with Crippen molar-refractivity contribution in [3.8, 4) is 11.8 Å². The first-order chi connectivity index (χ1) is 11.3. The summed E-state index contributed by atoms with van der Waals surface area (Å²) in [6.45, 7) is 2.25. The molecule has 0 atom stereocenters. The predicted molar refractivity (Wildman–Crippen MR) is 102 cm³/mol. The van der Waals surface area contributed by atoms with Crippen molar-refractivity contribution in [3.05, 3.63) is 35.6 Å². The van der Waals surface area contributed by atoms with Crippen molar-refractivity contribution in [3.63, 3.8) is 0 Å². The Bertz CT molecular complexity index is 458. The molecule has 0 bridgehead atoms. The van der Waals surface area contributed by atoms with Crippen LogP contribution in [0.1, 0.15) is 76.7 Å². The summed E-state index contributed by atoms with van der Waals surface area (Å²) in [7, 11) is 0. The smallest absolute Gasteiger partial charge is 0.124 e. The van der Waals surface area contributed by atoms with Crippen LogP contribution in [0.3, 0.4) is 0 Å². The van der Waals surface area contributed by atoms with E-state index in [-0.39, 0.29) is 5.82 Å². The lowest BCUT2D eigenvalue weighted by atomic mass is 10.1. The molecule has 0 unspecified atom stereocenters. The number of hydrogen-bond donors (Lipinski definition) is 0. The van der Waals surface area contributed by atoms with Crippen LogP contribution in [0, 0.1) is 17.7 Å². The first kappa shape index (κ1) is 20.1. The minimum absolute atomic E-state index is 0.208. The molecule has 0 aliphatic rings. The molecule has 0 N–H and O–H groups in total. The second-order valence-corrected chi connectivity index (χ2v) is 7.23. The molecule has 1 aromatic rings. The minimum atomic E-state index is -0.208. The molecule has 0 amide bonds. The standard InChI is InChI=1S/C21H31FS/c1-2-17-23-18-12-10-8-6-4-3-5-7-9-11-14-20-15-13-16-21(22)19-20/h13,15-16,19H,2-10,12,17-18H2,1H3. The van der Waals surface area contributed by atoms with Crippen LogP contribution >= 0.6 is 11.8 Å². The Labute approximate surface area is 146 Å². The van der Waals surface area contributed by atoms with E-state index < -0.39 is 0 Å². The summed E-state index contributed by atoms with van der Waals surface area (Å²) < 4.78 is 13.0. The van der Waals surface area contributed by atoms with Crippen LogP contribution in [-0.2, 0) is 0 Å². The van der Waals surface area contributed by atoms with Crippen molar-refractivity contribution in [2.75, 3.05) is 11.5 Å². The second kappa shape index (κ2) is 14.6. The average Bonchev–Trinajstić information content (AvgIpc) is 2.55. The molecule has 0 aliphatic heterocycles. The van der Waals surface area contributed by atoms with Crippen LogP contribution in [0.2, 0.25) is 0 Å². The average molecular weight is 335 g/mol. The Hall–Kier alpha value is -0.940. The van der Waals surface area contributed by atoms with Crippen LogP contribution in [0.25, 0.3) is 0 Å². The molecule has 0 radical (unpaired) electrons. The van der Waals surface area contributed by atoms with E-state index in [1.54, 1.807) is 6.07 Å². The number of rotatable bonds is 12. The Kier molecular flexibility index (Phi) is 12.8. The van der Waals surface area contributed by atoms with Gasteiger partial charge in [-0.1, -0.05) is 63.4 Å². The molecule has 23 heavy (non-hydrogen) atoms. The molecule has 2 heteroatoms. The Morgan fingerprint density at radius 1 is 0.913 bits per heavy atom. The van der Waals surface area contributed by atoms with Crippen LogP contribution in [-0.4, -0.2) is 11.5 Å². The normalized spacial score (nSPS) is 10.3. The van der Waals surface area contributed by atoms with Gasteiger partial charge in [0.2, 0.25) is 0 Å². The third kappa shape index (κ3) is 12.2. The van der Waals surface area contributed by atoms with Gasteiger partial charge in [0.1, 0.15) is 5.82 Å². The van der Waals surface area contributed by atoms with Crippen LogP contribution < -0.4 is 0 Å². The lowest BCUT2D eigenvalue weighted by Gasteiger charge is -2.01. The lowest BCUT2D eigenvalue weighted by molar-refractivity contribution is 0.580. The van der Waals surface area contributed by atoms with Gasteiger partial charge in [-0.05, 0) is 49.0 Å². The Balaban J connectivity index is 1.87. The summed E-state index contributed by atoms with van der Waals surface area (Å²) in [4.78, 5) is 0. The van der Waals surface area contributed by atoms with E-state index in [0.29, 0.717) is 0 Å². The molecular weight excluding hydrogens is 303 g/mol.